The van der Waals surface area contributed by atoms with Crippen molar-refractivity contribution >= 4 is 21.7 Å². The third kappa shape index (κ3) is 1.12. The SMILES string of the molecule is O=C1c2ccccc2C2(CCCC2)C1Br. The van der Waals surface area contributed by atoms with Gasteiger partial charge in [-0.05, 0) is 18.4 Å². The number of carbonyl (C=O) groups excluding carboxylic acids is 1. The summed E-state index contributed by atoms with van der Waals surface area (Å²) in [6.07, 6.45) is 4.82. The highest BCUT2D eigenvalue weighted by atomic mass is 79.9. The van der Waals surface area contributed by atoms with Gasteiger partial charge >= 0.3 is 0 Å². The van der Waals surface area contributed by atoms with E-state index in [0.717, 1.165) is 18.4 Å². The molecule has 0 aliphatic heterocycles. The van der Waals surface area contributed by atoms with E-state index in [9.17, 15) is 4.79 Å². The van der Waals surface area contributed by atoms with Gasteiger partial charge in [0.1, 0.15) is 0 Å². The van der Waals surface area contributed by atoms with Gasteiger partial charge in [-0.25, -0.2) is 0 Å². The predicted octanol–water partition coefficient (Wildman–Crippen LogP) is 3.46. The van der Waals surface area contributed by atoms with Gasteiger partial charge in [-0.15, -0.1) is 0 Å². The summed E-state index contributed by atoms with van der Waals surface area (Å²) in [5.74, 6) is 0.285. The van der Waals surface area contributed by atoms with Crippen LogP contribution in [0.15, 0.2) is 24.3 Å². The zero-order chi connectivity index (χ0) is 10.5. The Hall–Kier alpha value is -0.630. The zero-order valence-electron chi connectivity index (χ0n) is 8.50. The average Bonchev–Trinajstić information content (AvgIpc) is 2.83. The zero-order valence-corrected chi connectivity index (χ0v) is 10.1. The molecule has 1 spiro atoms. The number of ketones is 1. The lowest BCUT2D eigenvalue weighted by Crippen LogP contribution is -2.30. The lowest BCUT2D eigenvalue weighted by atomic mass is 9.80. The van der Waals surface area contributed by atoms with E-state index in [4.69, 9.17) is 0 Å². The van der Waals surface area contributed by atoms with Crippen LogP contribution in [-0.4, -0.2) is 10.6 Å². The molecule has 1 fully saturated rings. The van der Waals surface area contributed by atoms with Gasteiger partial charge in [0.05, 0.1) is 4.83 Å². The normalized spacial score (nSPS) is 27.3. The van der Waals surface area contributed by atoms with Crippen molar-refractivity contribution in [1.29, 1.82) is 0 Å². The third-order valence-corrected chi connectivity index (χ3v) is 5.23. The van der Waals surface area contributed by atoms with Crippen molar-refractivity contribution in [3.05, 3.63) is 35.4 Å². The van der Waals surface area contributed by atoms with Gasteiger partial charge in [-0.1, -0.05) is 53.0 Å². The molecule has 1 aromatic carbocycles. The van der Waals surface area contributed by atoms with Gasteiger partial charge < -0.3 is 0 Å². The van der Waals surface area contributed by atoms with Crippen LogP contribution in [0.2, 0.25) is 0 Å². The molecule has 1 nitrogen and oxygen atoms in total. The van der Waals surface area contributed by atoms with Crippen LogP contribution in [0, 0.1) is 0 Å². The standard InChI is InChI=1S/C13H13BrO/c14-12-11(15)9-5-1-2-6-10(9)13(12)7-3-4-8-13/h1-2,5-6,12H,3-4,7-8H2. The van der Waals surface area contributed by atoms with E-state index in [1.165, 1.54) is 18.4 Å². The number of Topliss-reactive ketones (excluding diaryl/α,β-unsaturated/α-hetero) is 1. The molecule has 0 aromatic heterocycles. The molecule has 0 N–H and O–H groups in total. The van der Waals surface area contributed by atoms with E-state index >= 15 is 0 Å². The first-order valence-corrected chi connectivity index (χ1v) is 6.45. The van der Waals surface area contributed by atoms with Gasteiger partial charge in [0.25, 0.3) is 0 Å². The second kappa shape index (κ2) is 3.18. The minimum Gasteiger partial charge on any atom is -0.293 e. The number of benzene rings is 1. The Morgan fingerprint density at radius 3 is 2.60 bits per heavy atom. The highest BCUT2D eigenvalue weighted by Crippen LogP contribution is 2.52. The highest BCUT2D eigenvalue weighted by Gasteiger charge is 2.51. The molecule has 0 bridgehead atoms. The Morgan fingerprint density at radius 2 is 1.87 bits per heavy atom. The number of carbonyl (C=O) groups is 1. The van der Waals surface area contributed by atoms with Crippen LogP contribution in [0.4, 0.5) is 0 Å². The predicted molar refractivity (Wildman–Crippen MR) is 63.6 cm³/mol. The van der Waals surface area contributed by atoms with Crippen LogP contribution in [-0.2, 0) is 5.41 Å². The van der Waals surface area contributed by atoms with E-state index < -0.39 is 0 Å². The Balaban J connectivity index is 2.22. The Labute approximate surface area is 98.0 Å². The van der Waals surface area contributed by atoms with Crippen molar-refractivity contribution in [3.8, 4) is 0 Å². The van der Waals surface area contributed by atoms with Crippen molar-refractivity contribution in [3.63, 3.8) is 0 Å². The summed E-state index contributed by atoms with van der Waals surface area (Å²) in [6.45, 7) is 0. The Bertz CT molecular complexity index is 418. The average molecular weight is 265 g/mol. The molecule has 3 rings (SSSR count). The third-order valence-electron chi connectivity index (χ3n) is 3.94. The van der Waals surface area contributed by atoms with Crippen LogP contribution < -0.4 is 0 Å². The lowest BCUT2D eigenvalue weighted by Gasteiger charge is -2.27. The van der Waals surface area contributed by atoms with Crippen molar-refractivity contribution in [1.82, 2.24) is 0 Å². The number of halogens is 1. The largest absolute Gasteiger partial charge is 0.293 e. The first-order chi connectivity index (χ1) is 7.26. The molecular formula is C13H13BrO. The van der Waals surface area contributed by atoms with Crippen LogP contribution >= 0.6 is 15.9 Å². The van der Waals surface area contributed by atoms with E-state index in [-0.39, 0.29) is 16.0 Å². The fourth-order valence-corrected chi connectivity index (χ4v) is 4.14. The molecule has 1 atom stereocenters. The quantitative estimate of drug-likeness (QED) is 0.656. The minimum absolute atomic E-state index is 0.0184. The summed E-state index contributed by atoms with van der Waals surface area (Å²) in [7, 11) is 0. The van der Waals surface area contributed by atoms with Crippen LogP contribution in [0.25, 0.3) is 0 Å². The molecule has 0 radical (unpaired) electrons. The molecule has 2 aliphatic rings. The number of alkyl halides is 1. The van der Waals surface area contributed by atoms with Gasteiger partial charge in [-0.2, -0.15) is 0 Å². The number of hydrogen-bond acceptors (Lipinski definition) is 1. The molecular weight excluding hydrogens is 252 g/mol. The smallest absolute Gasteiger partial charge is 0.177 e. The molecule has 2 aliphatic carbocycles. The maximum Gasteiger partial charge on any atom is 0.177 e. The van der Waals surface area contributed by atoms with E-state index in [1.807, 2.05) is 12.1 Å². The molecule has 78 valence electrons. The summed E-state index contributed by atoms with van der Waals surface area (Å²) >= 11 is 3.62. The topological polar surface area (TPSA) is 17.1 Å². The molecule has 1 aromatic rings. The molecule has 0 amide bonds. The molecule has 0 saturated heterocycles. The first-order valence-electron chi connectivity index (χ1n) is 5.53. The molecule has 2 heteroatoms. The van der Waals surface area contributed by atoms with Crippen molar-refractivity contribution in [2.75, 3.05) is 0 Å². The van der Waals surface area contributed by atoms with Gasteiger partial charge in [0, 0.05) is 11.0 Å². The van der Waals surface area contributed by atoms with Crippen LogP contribution in [0.5, 0.6) is 0 Å². The Kier molecular flexibility index (Phi) is 2.03. The summed E-state index contributed by atoms with van der Waals surface area (Å²) in [4.78, 5) is 12.1. The van der Waals surface area contributed by atoms with Crippen LogP contribution in [0.3, 0.4) is 0 Å². The van der Waals surface area contributed by atoms with Crippen molar-refractivity contribution < 1.29 is 4.79 Å². The minimum atomic E-state index is 0.0184. The summed E-state index contributed by atoms with van der Waals surface area (Å²) in [5, 5.41) is 0. The van der Waals surface area contributed by atoms with Gasteiger partial charge in [0.15, 0.2) is 5.78 Å². The molecule has 1 unspecified atom stereocenters. The molecule has 0 heterocycles. The number of fused-ring (bicyclic) bond motifs is 2. The van der Waals surface area contributed by atoms with E-state index in [1.54, 1.807) is 0 Å². The maximum absolute atomic E-state index is 12.1. The summed E-state index contributed by atoms with van der Waals surface area (Å²) in [6, 6.07) is 8.13. The Morgan fingerprint density at radius 1 is 1.20 bits per heavy atom. The van der Waals surface area contributed by atoms with Crippen LogP contribution in [0.1, 0.15) is 41.6 Å². The number of hydrogen-bond donors (Lipinski definition) is 0. The summed E-state index contributed by atoms with van der Waals surface area (Å²) in [5.41, 5.74) is 2.35. The summed E-state index contributed by atoms with van der Waals surface area (Å²) < 4.78 is 0. The van der Waals surface area contributed by atoms with Gasteiger partial charge in [-0.3, -0.25) is 4.79 Å². The molecule has 1 saturated carbocycles. The highest BCUT2D eigenvalue weighted by molar-refractivity contribution is 9.10. The maximum atomic E-state index is 12.1. The van der Waals surface area contributed by atoms with Gasteiger partial charge in [0.2, 0.25) is 0 Å². The van der Waals surface area contributed by atoms with E-state index in [0.29, 0.717) is 0 Å². The fourth-order valence-electron chi connectivity index (χ4n) is 3.18. The van der Waals surface area contributed by atoms with Crippen molar-refractivity contribution in [2.45, 2.75) is 35.9 Å². The second-order valence-electron chi connectivity index (χ2n) is 4.64. The lowest BCUT2D eigenvalue weighted by molar-refractivity contribution is 0.0984. The monoisotopic (exact) mass is 264 g/mol. The van der Waals surface area contributed by atoms with Crippen molar-refractivity contribution in [2.24, 2.45) is 0 Å². The fraction of sp³-hybridized carbons (Fsp3) is 0.462. The first kappa shape index (κ1) is 9.59. The second-order valence-corrected chi connectivity index (χ2v) is 5.55. The molecule has 15 heavy (non-hydrogen) atoms. The number of rotatable bonds is 0. The van der Waals surface area contributed by atoms with E-state index in [2.05, 4.69) is 28.1 Å².